The molecule has 2 rings (SSSR count). The molecule has 1 aliphatic rings. The Kier molecular flexibility index (Phi) is 6.78. The van der Waals surface area contributed by atoms with E-state index in [-0.39, 0.29) is 0 Å². The van der Waals surface area contributed by atoms with Gasteiger partial charge >= 0.3 is 0 Å². The van der Waals surface area contributed by atoms with Gasteiger partial charge in [-0.25, -0.2) is 0 Å². The highest BCUT2D eigenvalue weighted by atomic mass is 16.5. The number of carbonyl (C=O) groups excluding carboxylic acids is 1. The van der Waals surface area contributed by atoms with Crippen molar-refractivity contribution in [3.05, 3.63) is 29.3 Å². The molecule has 1 saturated carbocycles. The van der Waals surface area contributed by atoms with Crippen molar-refractivity contribution in [2.75, 3.05) is 0 Å². The minimum atomic E-state index is 0.572. The van der Waals surface area contributed by atoms with E-state index in [1.54, 1.807) is 0 Å². The van der Waals surface area contributed by atoms with Gasteiger partial charge in [-0.3, -0.25) is 4.79 Å². The van der Waals surface area contributed by atoms with E-state index >= 15 is 0 Å². The third kappa shape index (κ3) is 4.59. The Labute approximate surface area is 128 Å². The van der Waals surface area contributed by atoms with Crippen LogP contribution in [-0.4, -0.2) is 6.47 Å². The molecule has 0 aliphatic heterocycles. The first-order chi connectivity index (χ1) is 10.4. The lowest BCUT2D eigenvalue weighted by molar-refractivity contribution is -0.120. The first-order valence-corrected chi connectivity index (χ1v) is 8.59. The molecule has 0 aromatic heterocycles. The third-order valence-corrected chi connectivity index (χ3v) is 4.64. The van der Waals surface area contributed by atoms with E-state index in [1.807, 2.05) is 12.1 Å². The van der Waals surface area contributed by atoms with Crippen LogP contribution in [-0.2, 0) is 11.2 Å². The van der Waals surface area contributed by atoms with Crippen LogP contribution >= 0.6 is 0 Å². The number of ether oxygens (including phenoxy) is 1. The molecule has 0 radical (unpaired) electrons. The summed E-state index contributed by atoms with van der Waals surface area (Å²) in [6.45, 7) is 2.81. The van der Waals surface area contributed by atoms with Crippen molar-refractivity contribution in [3.63, 3.8) is 0 Å². The van der Waals surface area contributed by atoms with Gasteiger partial charge in [-0.2, -0.15) is 0 Å². The Morgan fingerprint density at radius 3 is 2.67 bits per heavy atom. The SMILES string of the molecule is CCCCCCc1cccc(OC=O)c1C1CCCCC1. The van der Waals surface area contributed by atoms with Crippen LogP contribution in [0.5, 0.6) is 5.75 Å². The quantitative estimate of drug-likeness (QED) is 0.473. The molecule has 21 heavy (non-hydrogen) atoms. The summed E-state index contributed by atoms with van der Waals surface area (Å²) >= 11 is 0. The Morgan fingerprint density at radius 1 is 1.14 bits per heavy atom. The second-order valence-electron chi connectivity index (χ2n) is 6.19. The van der Waals surface area contributed by atoms with Crippen molar-refractivity contribution in [3.8, 4) is 5.75 Å². The van der Waals surface area contributed by atoms with Gasteiger partial charge in [0.15, 0.2) is 0 Å². The monoisotopic (exact) mass is 288 g/mol. The second-order valence-corrected chi connectivity index (χ2v) is 6.19. The number of unbranched alkanes of at least 4 members (excludes halogenated alkanes) is 3. The second kappa shape index (κ2) is 8.86. The lowest BCUT2D eigenvalue weighted by Gasteiger charge is -2.26. The van der Waals surface area contributed by atoms with Gasteiger partial charge in [-0.15, -0.1) is 0 Å². The average Bonchev–Trinajstić information content (AvgIpc) is 2.53. The summed E-state index contributed by atoms with van der Waals surface area (Å²) in [4.78, 5) is 10.8. The van der Waals surface area contributed by atoms with Crippen LogP contribution in [0.1, 0.15) is 81.8 Å². The number of benzene rings is 1. The average molecular weight is 288 g/mol. The topological polar surface area (TPSA) is 26.3 Å². The number of aryl methyl sites for hydroxylation is 1. The third-order valence-electron chi connectivity index (χ3n) is 4.64. The van der Waals surface area contributed by atoms with Crippen LogP contribution in [0.2, 0.25) is 0 Å². The normalized spacial score (nSPS) is 15.9. The van der Waals surface area contributed by atoms with Gasteiger partial charge in [0.05, 0.1) is 0 Å². The first-order valence-electron chi connectivity index (χ1n) is 8.59. The van der Waals surface area contributed by atoms with E-state index in [2.05, 4.69) is 13.0 Å². The lowest BCUT2D eigenvalue weighted by Crippen LogP contribution is -2.10. The van der Waals surface area contributed by atoms with E-state index in [4.69, 9.17) is 4.74 Å². The molecular formula is C19H28O2. The Morgan fingerprint density at radius 2 is 1.95 bits per heavy atom. The predicted molar refractivity (Wildman–Crippen MR) is 86.8 cm³/mol. The summed E-state index contributed by atoms with van der Waals surface area (Å²) in [7, 11) is 0. The molecule has 0 unspecified atom stereocenters. The molecule has 2 heteroatoms. The van der Waals surface area contributed by atoms with Gasteiger partial charge in [-0.1, -0.05) is 57.6 Å². The van der Waals surface area contributed by atoms with Crippen LogP contribution in [0.3, 0.4) is 0 Å². The minimum Gasteiger partial charge on any atom is -0.428 e. The maximum atomic E-state index is 10.8. The molecule has 0 N–H and O–H groups in total. The Hall–Kier alpha value is -1.31. The standard InChI is InChI=1S/C19H28O2/c1-2-3-4-6-10-17-13-9-14-18(21-15-20)19(17)16-11-7-5-8-12-16/h9,13-16H,2-8,10-12H2,1H3. The van der Waals surface area contributed by atoms with E-state index in [9.17, 15) is 4.79 Å². The maximum Gasteiger partial charge on any atom is 0.298 e. The molecule has 1 fully saturated rings. The van der Waals surface area contributed by atoms with Crippen molar-refractivity contribution in [2.24, 2.45) is 0 Å². The van der Waals surface area contributed by atoms with E-state index in [0.29, 0.717) is 12.4 Å². The molecule has 1 aromatic rings. The Bertz CT molecular complexity index is 433. The number of rotatable bonds is 8. The fourth-order valence-electron chi connectivity index (χ4n) is 3.56. The maximum absolute atomic E-state index is 10.8. The van der Waals surface area contributed by atoms with Crippen LogP contribution in [0.4, 0.5) is 0 Å². The van der Waals surface area contributed by atoms with Gasteiger partial charge in [0, 0.05) is 5.56 Å². The van der Waals surface area contributed by atoms with Crippen LogP contribution < -0.4 is 4.74 Å². The summed E-state index contributed by atoms with van der Waals surface area (Å²) in [6.07, 6.45) is 12.6. The van der Waals surface area contributed by atoms with Crippen LogP contribution in [0.15, 0.2) is 18.2 Å². The largest absolute Gasteiger partial charge is 0.428 e. The number of carbonyl (C=O) groups is 1. The summed E-state index contributed by atoms with van der Waals surface area (Å²) in [5, 5.41) is 0. The van der Waals surface area contributed by atoms with Crippen molar-refractivity contribution < 1.29 is 9.53 Å². The fraction of sp³-hybridized carbons (Fsp3) is 0.632. The lowest BCUT2D eigenvalue weighted by atomic mass is 9.80. The van der Waals surface area contributed by atoms with Crippen molar-refractivity contribution in [2.45, 2.75) is 77.0 Å². The molecule has 1 aromatic carbocycles. The molecule has 0 bridgehead atoms. The first kappa shape index (κ1) is 16.1. The highest BCUT2D eigenvalue weighted by molar-refractivity contribution is 5.51. The van der Waals surface area contributed by atoms with Crippen molar-refractivity contribution >= 4 is 6.47 Å². The van der Waals surface area contributed by atoms with E-state index in [0.717, 1.165) is 12.2 Å². The molecule has 116 valence electrons. The summed E-state index contributed by atoms with van der Waals surface area (Å²) in [5.74, 6) is 1.38. The molecule has 0 saturated heterocycles. The predicted octanol–water partition coefficient (Wildman–Crippen LogP) is 5.39. The molecule has 0 heterocycles. The number of hydrogen-bond donors (Lipinski definition) is 0. The van der Waals surface area contributed by atoms with Crippen molar-refractivity contribution in [1.82, 2.24) is 0 Å². The van der Waals surface area contributed by atoms with Crippen LogP contribution in [0.25, 0.3) is 0 Å². The Balaban J connectivity index is 2.16. The van der Waals surface area contributed by atoms with Gasteiger partial charge in [0.2, 0.25) is 0 Å². The minimum absolute atomic E-state index is 0.572. The molecule has 2 nitrogen and oxygen atoms in total. The molecule has 0 atom stereocenters. The molecule has 1 aliphatic carbocycles. The summed E-state index contributed by atoms with van der Waals surface area (Å²) in [5.41, 5.74) is 2.72. The highest BCUT2D eigenvalue weighted by Gasteiger charge is 2.22. The molecule has 0 amide bonds. The van der Waals surface area contributed by atoms with E-state index < -0.39 is 0 Å². The highest BCUT2D eigenvalue weighted by Crippen LogP contribution is 2.39. The summed E-state index contributed by atoms with van der Waals surface area (Å²) in [6, 6.07) is 6.21. The van der Waals surface area contributed by atoms with Gasteiger partial charge in [0.1, 0.15) is 5.75 Å². The number of hydrogen-bond acceptors (Lipinski definition) is 2. The van der Waals surface area contributed by atoms with Gasteiger partial charge in [-0.05, 0) is 43.2 Å². The zero-order valence-electron chi connectivity index (χ0n) is 13.3. The zero-order valence-corrected chi connectivity index (χ0v) is 13.3. The van der Waals surface area contributed by atoms with E-state index in [1.165, 1.54) is 68.9 Å². The van der Waals surface area contributed by atoms with Crippen LogP contribution in [0, 0.1) is 0 Å². The summed E-state index contributed by atoms with van der Waals surface area (Å²) < 4.78 is 5.28. The molecule has 0 spiro atoms. The zero-order chi connectivity index (χ0) is 14.9. The van der Waals surface area contributed by atoms with Gasteiger partial charge < -0.3 is 4.74 Å². The van der Waals surface area contributed by atoms with Crippen molar-refractivity contribution in [1.29, 1.82) is 0 Å². The smallest absolute Gasteiger partial charge is 0.298 e. The fourth-order valence-corrected chi connectivity index (χ4v) is 3.56. The molecular weight excluding hydrogens is 260 g/mol. The van der Waals surface area contributed by atoms with Gasteiger partial charge in [0.25, 0.3) is 6.47 Å².